The number of amides is 1. The molecule has 0 saturated carbocycles. The molecule has 1 aromatic rings. The second-order valence-corrected chi connectivity index (χ2v) is 6.43. The summed E-state index contributed by atoms with van der Waals surface area (Å²) in [4.78, 5) is 25.9. The Morgan fingerprint density at radius 2 is 1.95 bits per heavy atom. The predicted octanol–water partition coefficient (Wildman–Crippen LogP) is 2.85. The highest BCUT2D eigenvalue weighted by atomic mass is 16.6. The smallest absolute Gasteiger partial charge is 0.410 e. The van der Waals surface area contributed by atoms with E-state index in [1.54, 1.807) is 29.2 Å². The van der Waals surface area contributed by atoms with Crippen molar-refractivity contribution in [3.63, 3.8) is 0 Å². The third kappa shape index (κ3) is 3.85. The van der Waals surface area contributed by atoms with Gasteiger partial charge in [-0.1, -0.05) is 12.1 Å². The number of hydrogen-bond acceptors (Lipinski definition) is 4. The SMILES string of the molecule is CC(C)(C)OC(=O)N1CCC(=O)C(c2ccc(C#N)cc2)C1. The number of likely N-dealkylation sites (tertiary alicyclic amines) is 1. The van der Waals surface area contributed by atoms with Gasteiger partial charge in [0.1, 0.15) is 11.4 Å². The molecule has 1 saturated heterocycles. The summed E-state index contributed by atoms with van der Waals surface area (Å²) in [6, 6.07) is 8.99. The zero-order valence-corrected chi connectivity index (χ0v) is 13.1. The second kappa shape index (κ2) is 6.18. The Kier molecular flexibility index (Phi) is 4.51. The van der Waals surface area contributed by atoms with Gasteiger partial charge in [-0.3, -0.25) is 4.79 Å². The quantitative estimate of drug-likeness (QED) is 0.799. The molecule has 5 heteroatoms. The lowest BCUT2D eigenvalue weighted by Crippen LogP contribution is -2.45. The first-order valence-electron chi connectivity index (χ1n) is 7.31. The molecule has 1 atom stereocenters. The molecule has 1 unspecified atom stereocenters. The van der Waals surface area contributed by atoms with E-state index >= 15 is 0 Å². The van der Waals surface area contributed by atoms with Crippen LogP contribution in [0.15, 0.2) is 24.3 Å². The number of Topliss-reactive ketones (excluding diaryl/α,β-unsaturated/α-hetero) is 1. The van der Waals surface area contributed by atoms with Crippen LogP contribution in [0.5, 0.6) is 0 Å². The average molecular weight is 300 g/mol. The highest BCUT2D eigenvalue weighted by Gasteiger charge is 2.33. The maximum atomic E-state index is 12.2. The van der Waals surface area contributed by atoms with Crippen molar-refractivity contribution in [1.82, 2.24) is 4.90 Å². The normalized spacial score (nSPS) is 18.7. The first kappa shape index (κ1) is 16.0. The Hall–Kier alpha value is -2.35. The van der Waals surface area contributed by atoms with Crippen LogP contribution in [0.25, 0.3) is 0 Å². The van der Waals surface area contributed by atoms with Crippen LogP contribution in [0.2, 0.25) is 0 Å². The van der Waals surface area contributed by atoms with Crippen molar-refractivity contribution in [2.75, 3.05) is 13.1 Å². The van der Waals surface area contributed by atoms with Gasteiger partial charge in [-0.25, -0.2) is 4.79 Å². The van der Waals surface area contributed by atoms with E-state index in [0.717, 1.165) is 5.56 Å². The van der Waals surface area contributed by atoms with Crippen molar-refractivity contribution in [3.8, 4) is 6.07 Å². The summed E-state index contributed by atoms with van der Waals surface area (Å²) in [7, 11) is 0. The van der Waals surface area contributed by atoms with E-state index in [2.05, 4.69) is 6.07 Å². The Morgan fingerprint density at radius 3 is 2.50 bits per heavy atom. The highest BCUT2D eigenvalue weighted by Crippen LogP contribution is 2.25. The van der Waals surface area contributed by atoms with Crippen molar-refractivity contribution in [3.05, 3.63) is 35.4 Å². The fraction of sp³-hybridized carbons (Fsp3) is 0.471. The largest absolute Gasteiger partial charge is 0.444 e. The minimum atomic E-state index is -0.553. The number of nitriles is 1. The summed E-state index contributed by atoms with van der Waals surface area (Å²) < 4.78 is 5.37. The second-order valence-electron chi connectivity index (χ2n) is 6.43. The van der Waals surface area contributed by atoms with Gasteiger partial charge < -0.3 is 9.64 Å². The summed E-state index contributed by atoms with van der Waals surface area (Å²) in [6.07, 6.45) is -0.0668. The van der Waals surface area contributed by atoms with E-state index < -0.39 is 11.7 Å². The Morgan fingerprint density at radius 1 is 1.32 bits per heavy atom. The Bertz CT molecular complexity index is 608. The monoisotopic (exact) mass is 300 g/mol. The van der Waals surface area contributed by atoms with Crippen LogP contribution in [-0.4, -0.2) is 35.5 Å². The molecule has 0 aromatic heterocycles. The van der Waals surface area contributed by atoms with Gasteiger partial charge in [0.05, 0.1) is 17.6 Å². The van der Waals surface area contributed by atoms with Crippen LogP contribution in [0.4, 0.5) is 4.79 Å². The van der Waals surface area contributed by atoms with Gasteiger partial charge >= 0.3 is 6.09 Å². The average Bonchev–Trinajstić information content (AvgIpc) is 2.46. The standard InChI is InChI=1S/C17H20N2O3/c1-17(2,3)22-16(21)19-9-8-15(20)14(11-19)13-6-4-12(10-18)5-7-13/h4-7,14H,8-9,11H2,1-3H3. The number of ketones is 1. The maximum absolute atomic E-state index is 12.2. The van der Waals surface area contributed by atoms with Gasteiger partial charge in [-0.05, 0) is 38.5 Å². The first-order valence-corrected chi connectivity index (χ1v) is 7.31. The summed E-state index contributed by atoms with van der Waals surface area (Å²) in [5.41, 5.74) is 0.830. The molecule has 116 valence electrons. The zero-order chi connectivity index (χ0) is 16.3. The van der Waals surface area contributed by atoms with Crippen molar-refractivity contribution in [2.24, 2.45) is 0 Å². The molecule has 0 N–H and O–H groups in total. The van der Waals surface area contributed by atoms with Crippen molar-refractivity contribution < 1.29 is 14.3 Å². The minimum Gasteiger partial charge on any atom is -0.444 e. The third-order valence-electron chi connectivity index (χ3n) is 3.51. The molecule has 0 bridgehead atoms. The zero-order valence-electron chi connectivity index (χ0n) is 13.1. The van der Waals surface area contributed by atoms with Crippen molar-refractivity contribution in [2.45, 2.75) is 38.7 Å². The number of carbonyl (C=O) groups excluding carboxylic acids is 2. The molecule has 5 nitrogen and oxygen atoms in total. The van der Waals surface area contributed by atoms with Gasteiger partial charge in [0.2, 0.25) is 0 Å². The number of piperidine rings is 1. The van der Waals surface area contributed by atoms with Gasteiger partial charge in [0.25, 0.3) is 0 Å². The topological polar surface area (TPSA) is 70.4 Å². The first-order chi connectivity index (χ1) is 10.3. The molecular formula is C17H20N2O3. The Balaban J connectivity index is 2.12. The van der Waals surface area contributed by atoms with Gasteiger partial charge in [-0.2, -0.15) is 5.26 Å². The molecule has 0 spiro atoms. The number of nitrogens with zero attached hydrogens (tertiary/aromatic N) is 2. The lowest BCUT2D eigenvalue weighted by Gasteiger charge is -2.33. The van der Waals surface area contributed by atoms with Crippen LogP contribution in [-0.2, 0) is 9.53 Å². The number of benzene rings is 1. The van der Waals surface area contributed by atoms with Crippen molar-refractivity contribution >= 4 is 11.9 Å². The van der Waals surface area contributed by atoms with Crippen LogP contribution >= 0.6 is 0 Å². The van der Waals surface area contributed by atoms with E-state index in [4.69, 9.17) is 10.00 Å². The number of ether oxygens (including phenoxy) is 1. The summed E-state index contributed by atoms with van der Waals surface area (Å²) >= 11 is 0. The fourth-order valence-corrected chi connectivity index (χ4v) is 2.41. The van der Waals surface area contributed by atoms with Crippen molar-refractivity contribution in [1.29, 1.82) is 5.26 Å². The van der Waals surface area contributed by atoms with Crippen LogP contribution < -0.4 is 0 Å². The van der Waals surface area contributed by atoms with Gasteiger partial charge in [0.15, 0.2) is 0 Å². The molecule has 2 rings (SSSR count). The predicted molar refractivity (Wildman–Crippen MR) is 81.3 cm³/mol. The van der Waals surface area contributed by atoms with Crippen LogP contribution in [0.1, 0.15) is 44.2 Å². The summed E-state index contributed by atoms with van der Waals surface area (Å²) in [5.74, 6) is -0.237. The number of carbonyl (C=O) groups is 2. The van der Waals surface area contributed by atoms with Crippen LogP contribution in [0.3, 0.4) is 0 Å². The Labute approximate surface area is 130 Å². The lowest BCUT2D eigenvalue weighted by atomic mass is 9.89. The highest BCUT2D eigenvalue weighted by molar-refractivity contribution is 5.88. The van der Waals surface area contributed by atoms with E-state index in [1.165, 1.54) is 0 Å². The fourth-order valence-electron chi connectivity index (χ4n) is 2.41. The lowest BCUT2D eigenvalue weighted by molar-refractivity contribution is -0.123. The molecule has 1 fully saturated rings. The molecule has 1 aromatic carbocycles. The van der Waals surface area contributed by atoms with Gasteiger partial charge in [-0.15, -0.1) is 0 Å². The summed E-state index contributed by atoms with van der Waals surface area (Å²) in [6.45, 7) is 6.16. The third-order valence-corrected chi connectivity index (χ3v) is 3.51. The molecule has 0 radical (unpaired) electrons. The van der Waals surface area contributed by atoms with Gasteiger partial charge in [0, 0.05) is 19.5 Å². The van der Waals surface area contributed by atoms with E-state index in [0.29, 0.717) is 25.1 Å². The molecular weight excluding hydrogens is 280 g/mol. The molecule has 0 aliphatic carbocycles. The maximum Gasteiger partial charge on any atom is 0.410 e. The van der Waals surface area contributed by atoms with Crippen LogP contribution in [0, 0.1) is 11.3 Å². The van der Waals surface area contributed by atoms with E-state index in [9.17, 15) is 9.59 Å². The molecule has 1 aliphatic rings. The van der Waals surface area contributed by atoms with E-state index in [1.807, 2.05) is 20.8 Å². The molecule has 1 amide bonds. The molecule has 1 aliphatic heterocycles. The molecule has 22 heavy (non-hydrogen) atoms. The number of rotatable bonds is 1. The molecule has 1 heterocycles. The van der Waals surface area contributed by atoms with E-state index in [-0.39, 0.29) is 11.7 Å². The summed E-state index contributed by atoms with van der Waals surface area (Å²) in [5, 5.41) is 8.83. The minimum absolute atomic E-state index is 0.115. The number of hydrogen-bond donors (Lipinski definition) is 0.